The van der Waals surface area contributed by atoms with Crippen LogP contribution in [0, 0.1) is 0 Å². The van der Waals surface area contributed by atoms with Gasteiger partial charge in [-0.1, -0.05) is 12.1 Å². The number of amides is 1. The molecule has 2 rings (SSSR count). The van der Waals surface area contributed by atoms with E-state index in [0.717, 1.165) is 43.8 Å². The van der Waals surface area contributed by atoms with Gasteiger partial charge in [-0.3, -0.25) is 9.69 Å². The average Bonchev–Trinajstić information content (AvgIpc) is 2.51. The quantitative estimate of drug-likeness (QED) is 0.855. The number of benzene rings is 1. The van der Waals surface area contributed by atoms with Gasteiger partial charge in [0.2, 0.25) is 5.91 Å². The number of ether oxygens (including phenoxy) is 1. The number of likely N-dealkylation sites (N-methyl/N-ethyl adjacent to an activating group) is 1. The fourth-order valence-electron chi connectivity index (χ4n) is 2.51. The zero-order valence-corrected chi connectivity index (χ0v) is 13.6. The molecule has 1 aromatic rings. The summed E-state index contributed by atoms with van der Waals surface area (Å²) in [7, 11) is 3.54. The Bertz CT molecular complexity index is 465. The lowest BCUT2D eigenvalue weighted by Crippen LogP contribution is -2.41. The maximum atomic E-state index is 11.6. The molecule has 0 radical (unpaired) electrons. The van der Waals surface area contributed by atoms with Gasteiger partial charge in [0.15, 0.2) is 0 Å². The molecule has 1 saturated heterocycles. The molecule has 5 heteroatoms. The Balaban J connectivity index is 1.71. The molecule has 5 nitrogen and oxygen atoms in total. The smallest absolute Gasteiger partial charge is 0.226 e. The standard InChI is InChI=1S/C17H27N3O2/c1-19(2)17(21)13-14-3-5-16(6-4-14)22-12-11-20-9-7-15(18)8-10-20/h3-6,15H,7-13,18H2,1-2H3. The molecule has 0 saturated carbocycles. The Morgan fingerprint density at radius 2 is 1.91 bits per heavy atom. The molecule has 0 bridgehead atoms. The molecule has 22 heavy (non-hydrogen) atoms. The second kappa shape index (κ2) is 8.15. The highest BCUT2D eigenvalue weighted by atomic mass is 16.5. The first-order valence-corrected chi connectivity index (χ1v) is 7.94. The van der Waals surface area contributed by atoms with Crippen LogP contribution in [0.4, 0.5) is 0 Å². The second-order valence-electron chi connectivity index (χ2n) is 6.14. The Kier molecular flexibility index (Phi) is 6.21. The van der Waals surface area contributed by atoms with E-state index >= 15 is 0 Å². The molecule has 1 fully saturated rings. The first-order valence-electron chi connectivity index (χ1n) is 7.94. The number of carbonyl (C=O) groups is 1. The van der Waals surface area contributed by atoms with Crippen molar-refractivity contribution in [3.05, 3.63) is 29.8 Å². The maximum Gasteiger partial charge on any atom is 0.226 e. The molecule has 0 aromatic heterocycles. The normalized spacial score (nSPS) is 16.5. The van der Waals surface area contributed by atoms with E-state index in [1.807, 2.05) is 24.3 Å². The van der Waals surface area contributed by atoms with Crippen LogP contribution in [0.25, 0.3) is 0 Å². The zero-order valence-electron chi connectivity index (χ0n) is 13.6. The van der Waals surface area contributed by atoms with Gasteiger partial charge in [-0.2, -0.15) is 0 Å². The van der Waals surface area contributed by atoms with Crippen molar-refractivity contribution in [2.75, 3.05) is 40.3 Å². The molecule has 0 aliphatic carbocycles. The van der Waals surface area contributed by atoms with Gasteiger partial charge in [-0.05, 0) is 43.6 Å². The molecule has 122 valence electrons. The van der Waals surface area contributed by atoms with Crippen LogP contribution in [0.15, 0.2) is 24.3 Å². The number of hydrogen-bond acceptors (Lipinski definition) is 4. The third-order valence-electron chi connectivity index (χ3n) is 4.09. The van der Waals surface area contributed by atoms with E-state index in [1.165, 1.54) is 0 Å². The third kappa shape index (κ3) is 5.31. The van der Waals surface area contributed by atoms with Crippen molar-refractivity contribution in [2.45, 2.75) is 25.3 Å². The Morgan fingerprint density at radius 3 is 2.50 bits per heavy atom. The van der Waals surface area contributed by atoms with Crippen LogP contribution in [0.2, 0.25) is 0 Å². The highest BCUT2D eigenvalue weighted by Crippen LogP contribution is 2.14. The summed E-state index contributed by atoms with van der Waals surface area (Å²) in [6.45, 7) is 3.75. The van der Waals surface area contributed by atoms with Crippen LogP contribution in [0.5, 0.6) is 5.75 Å². The van der Waals surface area contributed by atoms with E-state index < -0.39 is 0 Å². The molecule has 1 heterocycles. The number of carbonyl (C=O) groups excluding carboxylic acids is 1. The van der Waals surface area contributed by atoms with Gasteiger partial charge >= 0.3 is 0 Å². The molecule has 1 aliphatic heterocycles. The minimum absolute atomic E-state index is 0.108. The highest BCUT2D eigenvalue weighted by molar-refractivity contribution is 5.78. The lowest BCUT2D eigenvalue weighted by Gasteiger charge is -2.29. The molecule has 1 aliphatic rings. The number of piperidine rings is 1. The fourth-order valence-corrected chi connectivity index (χ4v) is 2.51. The van der Waals surface area contributed by atoms with Gasteiger partial charge in [0.1, 0.15) is 12.4 Å². The van der Waals surface area contributed by atoms with Crippen molar-refractivity contribution in [1.82, 2.24) is 9.80 Å². The van der Waals surface area contributed by atoms with Gasteiger partial charge in [-0.15, -0.1) is 0 Å². The van der Waals surface area contributed by atoms with Crippen molar-refractivity contribution in [2.24, 2.45) is 5.73 Å². The Labute approximate surface area is 133 Å². The van der Waals surface area contributed by atoms with Gasteiger partial charge in [-0.25, -0.2) is 0 Å². The van der Waals surface area contributed by atoms with Crippen LogP contribution < -0.4 is 10.5 Å². The molecular weight excluding hydrogens is 278 g/mol. The maximum absolute atomic E-state index is 11.6. The van der Waals surface area contributed by atoms with E-state index in [4.69, 9.17) is 10.5 Å². The Hall–Kier alpha value is -1.59. The molecule has 0 spiro atoms. The van der Waals surface area contributed by atoms with Crippen LogP contribution in [-0.2, 0) is 11.2 Å². The largest absolute Gasteiger partial charge is 0.492 e. The van der Waals surface area contributed by atoms with Gasteiger partial charge in [0.05, 0.1) is 6.42 Å². The second-order valence-corrected chi connectivity index (χ2v) is 6.14. The van der Waals surface area contributed by atoms with Gasteiger partial charge in [0, 0.05) is 26.7 Å². The number of nitrogens with two attached hydrogens (primary N) is 1. The topological polar surface area (TPSA) is 58.8 Å². The molecule has 2 N–H and O–H groups in total. The van der Waals surface area contributed by atoms with Crippen LogP contribution >= 0.6 is 0 Å². The minimum atomic E-state index is 0.108. The molecule has 0 atom stereocenters. The van der Waals surface area contributed by atoms with Crippen molar-refractivity contribution < 1.29 is 9.53 Å². The number of nitrogens with zero attached hydrogens (tertiary/aromatic N) is 2. The number of likely N-dealkylation sites (tertiary alicyclic amines) is 1. The van der Waals surface area contributed by atoms with Crippen LogP contribution in [-0.4, -0.2) is 62.1 Å². The van der Waals surface area contributed by atoms with Crippen molar-refractivity contribution >= 4 is 5.91 Å². The third-order valence-corrected chi connectivity index (χ3v) is 4.09. The molecule has 1 aromatic carbocycles. The number of rotatable bonds is 6. The van der Waals surface area contributed by atoms with Crippen molar-refractivity contribution in [3.63, 3.8) is 0 Å². The summed E-state index contributed by atoms with van der Waals surface area (Å²) >= 11 is 0. The molecule has 0 unspecified atom stereocenters. The average molecular weight is 305 g/mol. The summed E-state index contributed by atoms with van der Waals surface area (Å²) in [6, 6.07) is 8.15. The van der Waals surface area contributed by atoms with Crippen LogP contribution in [0.3, 0.4) is 0 Å². The minimum Gasteiger partial charge on any atom is -0.492 e. The fraction of sp³-hybridized carbons (Fsp3) is 0.588. The first-order chi connectivity index (χ1) is 10.5. The first kappa shape index (κ1) is 16.8. The monoisotopic (exact) mass is 305 g/mol. The molecule has 1 amide bonds. The van der Waals surface area contributed by atoms with Crippen molar-refractivity contribution in [1.29, 1.82) is 0 Å². The van der Waals surface area contributed by atoms with E-state index in [-0.39, 0.29) is 5.91 Å². The van der Waals surface area contributed by atoms with Gasteiger partial charge < -0.3 is 15.4 Å². The zero-order chi connectivity index (χ0) is 15.9. The SMILES string of the molecule is CN(C)C(=O)Cc1ccc(OCCN2CCC(N)CC2)cc1. The van der Waals surface area contributed by atoms with E-state index in [2.05, 4.69) is 4.90 Å². The predicted molar refractivity (Wildman–Crippen MR) is 88.0 cm³/mol. The lowest BCUT2D eigenvalue weighted by molar-refractivity contribution is -0.127. The summed E-state index contributed by atoms with van der Waals surface area (Å²) in [6.07, 6.45) is 2.59. The predicted octanol–water partition coefficient (Wildman–Crippen LogP) is 1.12. The molecular formula is C17H27N3O2. The summed E-state index contributed by atoms with van der Waals surface area (Å²) in [5.74, 6) is 0.965. The van der Waals surface area contributed by atoms with E-state index in [1.54, 1.807) is 19.0 Å². The van der Waals surface area contributed by atoms with Crippen LogP contribution in [0.1, 0.15) is 18.4 Å². The summed E-state index contributed by atoms with van der Waals surface area (Å²) in [4.78, 5) is 15.6. The highest BCUT2D eigenvalue weighted by Gasteiger charge is 2.15. The van der Waals surface area contributed by atoms with E-state index in [9.17, 15) is 4.79 Å². The van der Waals surface area contributed by atoms with E-state index in [0.29, 0.717) is 19.1 Å². The summed E-state index contributed by atoms with van der Waals surface area (Å²) < 4.78 is 5.77. The summed E-state index contributed by atoms with van der Waals surface area (Å²) in [5.41, 5.74) is 6.91. The number of hydrogen-bond donors (Lipinski definition) is 1. The Morgan fingerprint density at radius 1 is 1.27 bits per heavy atom. The lowest BCUT2D eigenvalue weighted by atomic mass is 10.1. The van der Waals surface area contributed by atoms with Gasteiger partial charge in [0.25, 0.3) is 0 Å². The summed E-state index contributed by atoms with van der Waals surface area (Å²) in [5, 5.41) is 0. The van der Waals surface area contributed by atoms with Crippen molar-refractivity contribution in [3.8, 4) is 5.75 Å².